The van der Waals surface area contributed by atoms with Gasteiger partial charge in [0.25, 0.3) is 0 Å². The quantitative estimate of drug-likeness (QED) is 0.0594. The van der Waals surface area contributed by atoms with Crippen LogP contribution in [0.5, 0.6) is 0 Å². The highest BCUT2D eigenvalue weighted by molar-refractivity contribution is 5.69. The van der Waals surface area contributed by atoms with E-state index in [2.05, 4.69) is 13.8 Å². The molecule has 0 saturated carbocycles. The zero-order chi connectivity index (χ0) is 30.2. The molecule has 0 spiro atoms. The molecule has 41 heavy (non-hydrogen) atoms. The van der Waals surface area contributed by atoms with Crippen LogP contribution in [0.25, 0.3) is 0 Å². The molecular weight excluding hydrogens is 512 g/mol. The molecule has 2 atom stereocenters. The van der Waals surface area contributed by atoms with Crippen molar-refractivity contribution in [2.75, 3.05) is 0 Å². The Morgan fingerprint density at radius 3 is 1.24 bits per heavy atom. The predicted molar refractivity (Wildman–Crippen MR) is 173 cm³/mol. The SMILES string of the molecule is CCCCCCC(O)CCCCCCCCCCC(=O)OC(CCCCCC)CCCCCCCCCCC(=O)O. The van der Waals surface area contributed by atoms with E-state index in [9.17, 15) is 14.7 Å². The van der Waals surface area contributed by atoms with Crippen LogP contribution in [0.15, 0.2) is 0 Å². The average molecular weight is 583 g/mol. The molecule has 0 aromatic heterocycles. The second-order valence-electron chi connectivity index (χ2n) is 12.6. The summed E-state index contributed by atoms with van der Waals surface area (Å²) in [4.78, 5) is 23.1. The Labute approximate surface area is 255 Å². The third kappa shape index (κ3) is 31.7. The molecular formula is C36H70O5. The molecule has 2 N–H and O–H groups in total. The summed E-state index contributed by atoms with van der Waals surface area (Å²) in [6.45, 7) is 4.45. The first-order valence-corrected chi connectivity index (χ1v) is 18.1. The Morgan fingerprint density at radius 2 is 0.829 bits per heavy atom. The number of hydrogen-bond donors (Lipinski definition) is 2. The summed E-state index contributed by atoms with van der Waals surface area (Å²) in [5.74, 6) is -0.687. The van der Waals surface area contributed by atoms with Crippen LogP contribution in [0.1, 0.15) is 206 Å². The first-order chi connectivity index (χ1) is 20.0. The van der Waals surface area contributed by atoms with Crippen molar-refractivity contribution in [1.29, 1.82) is 0 Å². The number of esters is 1. The van der Waals surface area contributed by atoms with Crippen LogP contribution in [-0.4, -0.2) is 34.4 Å². The van der Waals surface area contributed by atoms with E-state index in [-0.39, 0.29) is 18.2 Å². The molecule has 244 valence electrons. The lowest BCUT2D eigenvalue weighted by molar-refractivity contribution is -0.150. The fraction of sp³-hybridized carbons (Fsp3) is 0.944. The van der Waals surface area contributed by atoms with Gasteiger partial charge in [-0.2, -0.15) is 0 Å². The van der Waals surface area contributed by atoms with Crippen LogP contribution in [0.2, 0.25) is 0 Å². The van der Waals surface area contributed by atoms with Gasteiger partial charge in [-0.1, -0.05) is 142 Å². The number of aliphatic carboxylic acids is 1. The molecule has 0 fully saturated rings. The molecule has 0 heterocycles. The van der Waals surface area contributed by atoms with Crippen LogP contribution in [0.4, 0.5) is 0 Å². The highest BCUT2D eigenvalue weighted by Crippen LogP contribution is 2.19. The Hall–Kier alpha value is -1.10. The molecule has 2 unspecified atom stereocenters. The fourth-order valence-electron chi connectivity index (χ4n) is 5.68. The zero-order valence-electron chi connectivity index (χ0n) is 27.5. The van der Waals surface area contributed by atoms with E-state index in [1.54, 1.807) is 0 Å². The lowest BCUT2D eigenvalue weighted by atomic mass is 10.0. The molecule has 0 aromatic carbocycles. The third-order valence-electron chi connectivity index (χ3n) is 8.40. The Bertz CT molecular complexity index is 564. The van der Waals surface area contributed by atoms with Gasteiger partial charge in [0, 0.05) is 12.8 Å². The molecule has 0 rings (SSSR count). The van der Waals surface area contributed by atoms with Crippen LogP contribution >= 0.6 is 0 Å². The van der Waals surface area contributed by atoms with Crippen molar-refractivity contribution in [2.24, 2.45) is 0 Å². The highest BCUT2D eigenvalue weighted by atomic mass is 16.5. The Morgan fingerprint density at radius 1 is 0.488 bits per heavy atom. The minimum absolute atomic E-state index is 0.0000965. The average Bonchev–Trinajstić information content (AvgIpc) is 2.95. The second kappa shape index (κ2) is 31.8. The maximum atomic E-state index is 12.5. The molecule has 0 aromatic rings. The second-order valence-corrected chi connectivity index (χ2v) is 12.6. The number of carbonyl (C=O) groups is 2. The first-order valence-electron chi connectivity index (χ1n) is 18.1. The summed E-state index contributed by atoms with van der Waals surface area (Å²) in [5, 5.41) is 18.8. The van der Waals surface area contributed by atoms with Gasteiger partial charge in [0.05, 0.1) is 6.10 Å². The van der Waals surface area contributed by atoms with Gasteiger partial charge in [0.2, 0.25) is 0 Å². The summed E-state index contributed by atoms with van der Waals surface area (Å²) >= 11 is 0. The Balaban J connectivity index is 3.82. The summed E-state index contributed by atoms with van der Waals surface area (Å²) in [6, 6.07) is 0. The van der Waals surface area contributed by atoms with Gasteiger partial charge in [0.1, 0.15) is 6.10 Å². The number of aliphatic hydroxyl groups is 1. The van der Waals surface area contributed by atoms with Crippen LogP contribution in [-0.2, 0) is 14.3 Å². The summed E-state index contributed by atoms with van der Waals surface area (Å²) in [5.41, 5.74) is 0. The lowest BCUT2D eigenvalue weighted by Crippen LogP contribution is -2.18. The van der Waals surface area contributed by atoms with E-state index in [1.807, 2.05) is 0 Å². The van der Waals surface area contributed by atoms with Crippen molar-refractivity contribution in [2.45, 2.75) is 219 Å². The van der Waals surface area contributed by atoms with Gasteiger partial charge in [0.15, 0.2) is 0 Å². The van der Waals surface area contributed by atoms with Gasteiger partial charge in [-0.25, -0.2) is 0 Å². The standard InChI is InChI=1S/C36H70O5/c1-3-5-7-21-27-33(37)28-22-17-13-9-12-16-20-26-32-36(40)41-34(29-23-8-6-4-2)30-24-18-14-10-11-15-19-25-31-35(38)39/h33-34,37H,3-32H2,1-2H3,(H,38,39). The first kappa shape index (κ1) is 39.9. The molecule has 0 aliphatic rings. The number of aliphatic hydroxyl groups excluding tert-OH is 1. The number of hydrogen-bond acceptors (Lipinski definition) is 4. The van der Waals surface area contributed by atoms with Crippen molar-refractivity contribution < 1.29 is 24.5 Å². The minimum Gasteiger partial charge on any atom is -0.481 e. The van der Waals surface area contributed by atoms with Crippen molar-refractivity contribution >= 4 is 11.9 Å². The summed E-state index contributed by atoms with van der Waals surface area (Å²) in [6.07, 6.45) is 32.9. The highest BCUT2D eigenvalue weighted by Gasteiger charge is 2.14. The number of rotatable bonds is 33. The van der Waals surface area contributed by atoms with Gasteiger partial charge >= 0.3 is 11.9 Å². The topological polar surface area (TPSA) is 83.8 Å². The fourth-order valence-corrected chi connectivity index (χ4v) is 5.68. The third-order valence-corrected chi connectivity index (χ3v) is 8.40. The van der Waals surface area contributed by atoms with Crippen molar-refractivity contribution in [3.63, 3.8) is 0 Å². The zero-order valence-corrected chi connectivity index (χ0v) is 27.5. The minimum atomic E-state index is -0.687. The lowest BCUT2D eigenvalue weighted by Gasteiger charge is -2.18. The molecule has 5 heteroatoms. The summed E-state index contributed by atoms with van der Waals surface area (Å²) in [7, 11) is 0. The molecule has 0 aliphatic carbocycles. The number of carbonyl (C=O) groups excluding carboxylic acids is 1. The summed E-state index contributed by atoms with van der Waals surface area (Å²) < 4.78 is 5.94. The maximum Gasteiger partial charge on any atom is 0.306 e. The van der Waals surface area contributed by atoms with E-state index < -0.39 is 5.97 Å². The number of ether oxygens (including phenoxy) is 1. The van der Waals surface area contributed by atoms with Crippen molar-refractivity contribution in [3.8, 4) is 0 Å². The van der Waals surface area contributed by atoms with Gasteiger partial charge in [-0.3, -0.25) is 9.59 Å². The van der Waals surface area contributed by atoms with E-state index in [4.69, 9.17) is 9.84 Å². The number of unbranched alkanes of at least 4 members (excludes halogenated alkanes) is 20. The molecule has 0 radical (unpaired) electrons. The molecule has 5 nitrogen and oxygen atoms in total. The van der Waals surface area contributed by atoms with Gasteiger partial charge in [-0.15, -0.1) is 0 Å². The Kier molecular flexibility index (Phi) is 31.0. The van der Waals surface area contributed by atoms with Crippen LogP contribution < -0.4 is 0 Å². The maximum absolute atomic E-state index is 12.5. The molecule has 0 bridgehead atoms. The normalized spacial score (nSPS) is 12.9. The van der Waals surface area contributed by atoms with Gasteiger partial charge < -0.3 is 14.9 Å². The molecule has 0 amide bonds. The van der Waals surface area contributed by atoms with Crippen LogP contribution in [0.3, 0.4) is 0 Å². The molecule has 0 saturated heterocycles. The monoisotopic (exact) mass is 583 g/mol. The van der Waals surface area contributed by atoms with Crippen molar-refractivity contribution in [1.82, 2.24) is 0 Å². The smallest absolute Gasteiger partial charge is 0.306 e. The largest absolute Gasteiger partial charge is 0.481 e. The van der Waals surface area contributed by atoms with E-state index in [0.29, 0.717) is 12.8 Å². The predicted octanol–water partition coefficient (Wildman–Crippen LogP) is 11.1. The molecule has 0 aliphatic heterocycles. The number of carboxylic acids is 1. The van der Waals surface area contributed by atoms with E-state index in [0.717, 1.165) is 77.0 Å². The van der Waals surface area contributed by atoms with E-state index >= 15 is 0 Å². The van der Waals surface area contributed by atoms with Crippen LogP contribution in [0, 0.1) is 0 Å². The van der Waals surface area contributed by atoms with Gasteiger partial charge in [-0.05, 0) is 51.4 Å². The van der Waals surface area contributed by atoms with E-state index in [1.165, 1.54) is 103 Å². The number of carboxylic acid groups (broad SMARTS) is 1. The van der Waals surface area contributed by atoms with Crippen molar-refractivity contribution in [3.05, 3.63) is 0 Å².